The van der Waals surface area contributed by atoms with E-state index in [0.29, 0.717) is 18.0 Å². The molecule has 3 nitrogen and oxygen atoms in total. The zero-order valence-electron chi connectivity index (χ0n) is 12.3. The first-order chi connectivity index (χ1) is 9.43. The Morgan fingerprint density at radius 2 is 1.95 bits per heavy atom. The van der Waals surface area contributed by atoms with Crippen molar-refractivity contribution in [2.75, 3.05) is 13.2 Å². The van der Waals surface area contributed by atoms with Crippen LogP contribution in [0.15, 0.2) is 24.3 Å². The van der Waals surface area contributed by atoms with E-state index < -0.39 is 0 Å². The fraction of sp³-hybridized carbons (Fsp3) is 0.562. The molecule has 0 bridgehead atoms. The summed E-state index contributed by atoms with van der Waals surface area (Å²) < 4.78 is 0. The predicted molar refractivity (Wildman–Crippen MR) is 82.9 cm³/mol. The Morgan fingerprint density at radius 1 is 1.30 bits per heavy atom. The van der Waals surface area contributed by atoms with E-state index in [-0.39, 0.29) is 17.9 Å². The fourth-order valence-corrected chi connectivity index (χ4v) is 2.00. The molecule has 4 heteroatoms. The molecule has 0 aliphatic heterocycles. The Labute approximate surface area is 126 Å². The number of aryl methyl sites for hydroxylation is 1. The van der Waals surface area contributed by atoms with Crippen LogP contribution < -0.4 is 5.32 Å². The molecular weight excluding hydrogens is 274 g/mol. The van der Waals surface area contributed by atoms with Gasteiger partial charge in [-0.15, -0.1) is 0 Å². The van der Waals surface area contributed by atoms with Gasteiger partial charge in [0.2, 0.25) is 5.91 Å². The van der Waals surface area contributed by atoms with E-state index in [9.17, 15) is 4.79 Å². The molecule has 2 N–H and O–H groups in total. The van der Waals surface area contributed by atoms with Crippen LogP contribution in [-0.4, -0.2) is 24.2 Å². The number of aliphatic hydroxyl groups excluding tert-OH is 1. The largest absolute Gasteiger partial charge is 0.396 e. The van der Waals surface area contributed by atoms with Gasteiger partial charge in [-0.05, 0) is 42.4 Å². The summed E-state index contributed by atoms with van der Waals surface area (Å²) in [5.74, 6) is 0.0711. The maximum atomic E-state index is 11.7. The van der Waals surface area contributed by atoms with Crippen LogP contribution in [0.2, 0.25) is 5.02 Å². The van der Waals surface area contributed by atoms with Crippen LogP contribution in [0.3, 0.4) is 0 Å². The highest BCUT2D eigenvalue weighted by atomic mass is 35.5. The molecule has 20 heavy (non-hydrogen) atoms. The number of halogens is 1. The molecule has 1 amide bonds. The first-order valence-electron chi connectivity index (χ1n) is 7.05. The summed E-state index contributed by atoms with van der Waals surface area (Å²) in [4.78, 5) is 11.7. The summed E-state index contributed by atoms with van der Waals surface area (Å²) in [6, 6.07) is 7.57. The van der Waals surface area contributed by atoms with Crippen LogP contribution in [0.5, 0.6) is 0 Å². The average molecular weight is 298 g/mol. The summed E-state index contributed by atoms with van der Waals surface area (Å²) in [6.07, 6.45) is 3.01. The zero-order valence-corrected chi connectivity index (χ0v) is 13.0. The second-order valence-electron chi connectivity index (χ2n) is 5.90. The van der Waals surface area contributed by atoms with Crippen LogP contribution in [0.4, 0.5) is 0 Å². The molecule has 1 rings (SSSR count). The van der Waals surface area contributed by atoms with Crippen molar-refractivity contribution in [3.05, 3.63) is 34.9 Å². The highest BCUT2D eigenvalue weighted by Crippen LogP contribution is 2.20. The molecule has 0 saturated heterocycles. The minimum absolute atomic E-state index is 0.0615. The summed E-state index contributed by atoms with van der Waals surface area (Å²) in [5, 5.41) is 12.8. The van der Waals surface area contributed by atoms with Gasteiger partial charge in [-0.25, -0.2) is 0 Å². The topological polar surface area (TPSA) is 49.3 Å². The van der Waals surface area contributed by atoms with Gasteiger partial charge in [0.05, 0.1) is 0 Å². The molecule has 0 saturated carbocycles. The highest BCUT2D eigenvalue weighted by molar-refractivity contribution is 6.30. The molecule has 0 radical (unpaired) electrons. The van der Waals surface area contributed by atoms with E-state index in [2.05, 4.69) is 5.32 Å². The van der Waals surface area contributed by atoms with Crippen LogP contribution in [-0.2, 0) is 11.2 Å². The summed E-state index contributed by atoms with van der Waals surface area (Å²) in [7, 11) is 0. The van der Waals surface area contributed by atoms with E-state index in [1.807, 2.05) is 38.1 Å². The zero-order chi connectivity index (χ0) is 15.0. The number of hydrogen-bond acceptors (Lipinski definition) is 2. The minimum Gasteiger partial charge on any atom is -0.396 e. The quantitative estimate of drug-likeness (QED) is 0.724. The third kappa shape index (κ3) is 6.92. The Balaban J connectivity index is 2.16. The van der Waals surface area contributed by atoms with Crippen LogP contribution >= 0.6 is 11.6 Å². The number of hydrogen-bond donors (Lipinski definition) is 2. The van der Waals surface area contributed by atoms with Gasteiger partial charge >= 0.3 is 0 Å². The van der Waals surface area contributed by atoms with Crippen molar-refractivity contribution < 1.29 is 9.90 Å². The van der Waals surface area contributed by atoms with E-state index in [1.165, 1.54) is 0 Å². The second-order valence-corrected chi connectivity index (χ2v) is 6.34. The maximum absolute atomic E-state index is 11.7. The van der Waals surface area contributed by atoms with Crippen LogP contribution in [0.25, 0.3) is 0 Å². The molecule has 0 aliphatic carbocycles. The minimum atomic E-state index is -0.0615. The number of rotatable bonds is 8. The van der Waals surface area contributed by atoms with Crippen molar-refractivity contribution in [1.29, 1.82) is 0 Å². The van der Waals surface area contributed by atoms with E-state index in [0.717, 1.165) is 24.8 Å². The second kappa shape index (κ2) is 8.28. The van der Waals surface area contributed by atoms with Crippen molar-refractivity contribution in [2.45, 2.75) is 39.5 Å². The Hall–Kier alpha value is -1.06. The van der Waals surface area contributed by atoms with E-state index >= 15 is 0 Å². The Bertz CT molecular complexity index is 415. The summed E-state index contributed by atoms with van der Waals surface area (Å²) >= 11 is 5.81. The average Bonchev–Trinajstić information content (AvgIpc) is 2.43. The van der Waals surface area contributed by atoms with Crippen molar-refractivity contribution in [2.24, 2.45) is 5.41 Å². The van der Waals surface area contributed by atoms with Crippen LogP contribution in [0.1, 0.15) is 38.7 Å². The lowest BCUT2D eigenvalue weighted by Crippen LogP contribution is -2.26. The van der Waals surface area contributed by atoms with Crippen molar-refractivity contribution in [3.63, 3.8) is 0 Å². The number of carbonyl (C=O) groups excluding carboxylic acids is 1. The molecule has 1 aromatic carbocycles. The van der Waals surface area contributed by atoms with Gasteiger partial charge in [-0.2, -0.15) is 0 Å². The highest BCUT2D eigenvalue weighted by Gasteiger charge is 2.15. The van der Waals surface area contributed by atoms with E-state index in [4.69, 9.17) is 16.7 Å². The number of nitrogens with one attached hydrogen (secondary N) is 1. The lowest BCUT2D eigenvalue weighted by Gasteiger charge is -2.21. The fourth-order valence-electron chi connectivity index (χ4n) is 1.87. The van der Waals surface area contributed by atoms with E-state index in [1.54, 1.807) is 0 Å². The molecule has 0 aromatic heterocycles. The predicted octanol–water partition coefficient (Wildman–Crippen LogP) is 3.19. The summed E-state index contributed by atoms with van der Waals surface area (Å²) in [5.41, 5.74) is 1.06. The van der Waals surface area contributed by atoms with Gasteiger partial charge < -0.3 is 10.4 Å². The molecule has 0 spiro atoms. The molecule has 112 valence electrons. The number of amides is 1. The number of benzene rings is 1. The third-order valence-electron chi connectivity index (χ3n) is 3.33. The Kier molecular flexibility index (Phi) is 7.03. The van der Waals surface area contributed by atoms with Crippen LogP contribution in [0, 0.1) is 5.41 Å². The monoisotopic (exact) mass is 297 g/mol. The van der Waals surface area contributed by atoms with Gasteiger partial charge in [0, 0.05) is 24.6 Å². The lowest BCUT2D eigenvalue weighted by molar-refractivity contribution is -0.121. The number of aliphatic hydroxyl groups is 1. The lowest BCUT2D eigenvalue weighted by atomic mass is 9.89. The maximum Gasteiger partial charge on any atom is 0.220 e. The van der Waals surface area contributed by atoms with Gasteiger partial charge in [-0.3, -0.25) is 4.79 Å². The SMILES string of the molecule is CC(C)(CO)CCCNC(=O)CCc1ccc(Cl)cc1. The van der Waals surface area contributed by atoms with Gasteiger partial charge in [0.25, 0.3) is 0 Å². The van der Waals surface area contributed by atoms with Gasteiger partial charge in [0.15, 0.2) is 0 Å². The van der Waals surface area contributed by atoms with Crippen molar-refractivity contribution >= 4 is 17.5 Å². The van der Waals surface area contributed by atoms with Crippen molar-refractivity contribution in [3.8, 4) is 0 Å². The Morgan fingerprint density at radius 3 is 2.55 bits per heavy atom. The molecular formula is C16H24ClNO2. The number of carbonyl (C=O) groups is 1. The molecule has 1 aromatic rings. The smallest absolute Gasteiger partial charge is 0.220 e. The normalized spacial score (nSPS) is 11.4. The van der Waals surface area contributed by atoms with Gasteiger partial charge in [0.1, 0.15) is 0 Å². The molecule has 0 fully saturated rings. The first-order valence-corrected chi connectivity index (χ1v) is 7.43. The molecule has 0 heterocycles. The third-order valence-corrected chi connectivity index (χ3v) is 3.59. The molecule has 0 unspecified atom stereocenters. The summed E-state index contributed by atoms with van der Waals surface area (Å²) in [6.45, 7) is 4.89. The molecule has 0 atom stereocenters. The van der Waals surface area contributed by atoms with Gasteiger partial charge in [-0.1, -0.05) is 37.6 Å². The standard InChI is InChI=1S/C16H24ClNO2/c1-16(2,12-19)10-3-11-18-15(20)9-6-13-4-7-14(17)8-5-13/h4-5,7-8,19H,3,6,9-12H2,1-2H3,(H,18,20). The molecule has 0 aliphatic rings. The first kappa shape index (κ1) is 17.0. The van der Waals surface area contributed by atoms with Crippen molar-refractivity contribution in [1.82, 2.24) is 5.32 Å².